The molecule has 4 heterocycles. The Labute approximate surface area is 182 Å². The molecule has 2 aliphatic heterocycles. The standard InChI is InChI=1S/C21H20FN7OS/c1-29(16-7-12-3-5-15(26-12)19(16)22)18-10-24-20(28-27-18)14-4-2-11(6-17(14)30)21-25-9-13(8-23)31-21/h2,4,6,9-10,12,15-16,19,26,30H,3,5,7H2,1H3/t12-,15+,16+,19-/m0/s1. The molecule has 0 radical (unpaired) electrons. The van der Waals surface area contributed by atoms with Crippen molar-refractivity contribution < 1.29 is 9.50 Å². The van der Waals surface area contributed by atoms with Crippen LogP contribution < -0.4 is 10.2 Å². The van der Waals surface area contributed by atoms with Crippen LogP contribution in [0.1, 0.15) is 24.1 Å². The van der Waals surface area contributed by atoms with Crippen molar-refractivity contribution in [2.45, 2.75) is 43.6 Å². The predicted octanol–water partition coefficient (Wildman–Crippen LogP) is 2.91. The van der Waals surface area contributed by atoms with Crippen molar-refractivity contribution in [3.63, 3.8) is 0 Å². The third-order valence-electron chi connectivity index (χ3n) is 6.06. The molecule has 2 fully saturated rings. The highest BCUT2D eigenvalue weighted by Crippen LogP contribution is 2.35. The number of halogens is 1. The highest BCUT2D eigenvalue weighted by atomic mass is 32.1. The number of alkyl halides is 1. The monoisotopic (exact) mass is 437 g/mol. The Hall–Kier alpha value is -3.16. The molecule has 2 bridgehead atoms. The Morgan fingerprint density at radius 1 is 1.26 bits per heavy atom. The second-order valence-electron chi connectivity index (χ2n) is 7.92. The number of nitrogens with zero attached hydrogens (tertiary/aromatic N) is 6. The zero-order chi connectivity index (χ0) is 21.5. The minimum atomic E-state index is -0.964. The average molecular weight is 438 g/mol. The number of rotatable bonds is 4. The highest BCUT2D eigenvalue weighted by Gasteiger charge is 2.43. The second-order valence-corrected chi connectivity index (χ2v) is 8.95. The summed E-state index contributed by atoms with van der Waals surface area (Å²) in [7, 11) is 1.82. The smallest absolute Gasteiger partial charge is 0.185 e. The van der Waals surface area contributed by atoms with Crippen molar-refractivity contribution in [1.29, 1.82) is 5.26 Å². The number of anilines is 1. The van der Waals surface area contributed by atoms with Crippen molar-refractivity contribution in [1.82, 2.24) is 25.5 Å². The molecule has 1 aromatic carbocycles. The van der Waals surface area contributed by atoms with E-state index in [0.717, 1.165) is 19.3 Å². The van der Waals surface area contributed by atoms with Gasteiger partial charge in [-0.25, -0.2) is 14.4 Å². The largest absolute Gasteiger partial charge is 0.507 e. The molecule has 3 aromatic rings. The van der Waals surface area contributed by atoms with Gasteiger partial charge in [-0.3, -0.25) is 0 Å². The van der Waals surface area contributed by atoms with E-state index in [2.05, 4.69) is 31.6 Å². The first-order valence-corrected chi connectivity index (χ1v) is 10.9. The number of fused-ring (bicyclic) bond motifs is 2. The first-order chi connectivity index (χ1) is 15.0. The molecule has 0 saturated carbocycles. The molecule has 5 rings (SSSR count). The van der Waals surface area contributed by atoms with Gasteiger partial charge in [0.15, 0.2) is 11.6 Å². The summed E-state index contributed by atoms with van der Waals surface area (Å²) >= 11 is 1.25. The number of nitrogens with one attached hydrogen (secondary N) is 1. The molecule has 0 aliphatic carbocycles. The lowest BCUT2D eigenvalue weighted by molar-refractivity contribution is 0.176. The van der Waals surface area contributed by atoms with Crippen LogP contribution in [0.3, 0.4) is 0 Å². The van der Waals surface area contributed by atoms with E-state index >= 15 is 0 Å². The van der Waals surface area contributed by atoms with Gasteiger partial charge in [0.25, 0.3) is 0 Å². The van der Waals surface area contributed by atoms with Crippen LogP contribution in [0.15, 0.2) is 30.6 Å². The van der Waals surface area contributed by atoms with Gasteiger partial charge >= 0.3 is 0 Å². The Kier molecular flexibility index (Phi) is 5.00. The second kappa shape index (κ2) is 7.83. The first kappa shape index (κ1) is 19.8. The van der Waals surface area contributed by atoms with Crippen LogP contribution in [0.5, 0.6) is 5.75 Å². The Morgan fingerprint density at radius 3 is 2.84 bits per heavy atom. The summed E-state index contributed by atoms with van der Waals surface area (Å²) in [5.74, 6) is 0.772. The van der Waals surface area contributed by atoms with Crippen molar-refractivity contribution in [2.75, 3.05) is 11.9 Å². The maximum atomic E-state index is 14.8. The third kappa shape index (κ3) is 3.60. The summed E-state index contributed by atoms with van der Waals surface area (Å²) in [6.45, 7) is 0. The summed E-state index contributed by atoms with van der Waals surface area (Å²) in [4.78, 5) is 10.9. The molecule has 2 saturated heterocycles. The summed E-state index contributed by atoms with van der Waals surface area (Å²) < 4.78 is 14.8. The van der Waals surface area contributed by atoms with Crippen LogP contribution in [0.2, 0.25) is 0 Å². The van der Waals surface area contributed by atoms with E-state index in [4.69, 9.17) is 5.26 Å². The molecule has 2 N–H and O–H groups in total. The van der Waals surface area contributed by atoms with E-state index < -0.39 is 6.17 Å². The summed E-state index contributed by atoms with van der Waals surface area (Å²) in [6, 6.07) is 7.10. The molecular formula is C21H20FN7OS. The minimum Gasteiger partial charge on any atom is -0.507 e. The molecular weight excluding hydrogens is 417 g/mol. The zero-order valence-corrected chi connectivity index (χ0v) is 17.6. The number of aromatic hydroxyl groups is 1. The van der Waals surface area contributed by atoms with E-state index in [0.29, 0.717) is 32.9 Å². The quantitative estimate of drug-likeness (QED) is 0.641. The molecule has 0 unspecified atom stereocenters. The molecule has 4 atom stereocenters. The Balaban J connectivity index is 1.35. The molecule has 10 heteroatoms. The molecule has 0 amide bonds. The number of hydrogen-bond donors (Lipinski definition) is 2. The van der Waals surface area contributed by atoms with Gasteiger partial charge in [-0.2, -0.15) is 5.26 Å². The summed E-state index contributed by atoms with van der Waals surface area (Å²) in [5, 5.41) is 31.8. The Bertz CT molecular complexity index is 1150. The number of aromatic nitrogens is 4. The fourth-order valence-electron chi connectivity index (χ4n) is 4.39. The van der Waals surface area contributed by atoms with E-state index in [1.807, 2.05) is 11.9 Å². The molecule has 158 valence electrons. The highest BCUT2D eigenvalue weighted by molar-refractivity contribution is 7.15. The SMILES string of the molecule is CN(c1cnc(-c2ccc(-c3ncc(C#N)s3)cc2O)nn1)[C@@H]1C[C@@H]2CC[C@@H](N2)[C@@H]1F. The van der Waals surface area contributed by atoms with Crippen molar-refractivity contribution in [2.24, 2.45) is 0 Å². The number of phenolic OH excluding ortho intramolecular Hbond substituents is 1. The van der Waals surface area contributed by atoms with Gasteiger partial charge in [-0.15, -0.1) is 21.5 Å². The van der Waals surface area contributed by atoms with Gasteiger partial charge in [-0.1, -0.05) is 6.07 Å². The van der Waals surface area contributed by atoms with Crippen LogP contribution in [0, 0.1) is 11.3 Å². The predicted molar refractivity (Wildman–Crippen MR) is 114 cm³/mol. The van der Waals surface area contributed by atoms with E-state index in [1.165, 1.54) is 17.5 Å². The lowest BCUT2D eigenvalue weighted by Crippen LogP contribution is -2.55. The molecule has 31 heavy (non-hydrogen) atoms. The van der Waals surface area contributed by atoms with Gasteiger partial charge in [-0.05, 0) is 31.4 Å². The number of hydrogen-bond acceptors (Lipinski definition) is 9. The maximum absolute atomic E-state index is 14.8. The molecule has 2 aliphatic rings. The number of phenols is 1. The van der Waals surface area contributed by atoms with Crippen LogP contribution in [-0.2, 0) is 0 Å². The summed E-state index contributed by atoms with van der Waals surface area (Å²) in [5.41, 5.74) is 1.14. The third-order valence-corrected chi connectivity index (χ3v) is 7.01. The van der Waals surface area contributed by atoms with Crippen LogP contribution >= 0.6 is 11.3 Å². The van der Waals surface area contributed by atoms with Crippen molar-refractivity contribution in [3.05, 3.63) is 35.5 Å². The van der Waals surface area contributed by atoms with Gasteiger partial charge in [0, 0.05) is 24.7 Å². The molecule has 0 spiro atoms. The molecule has 8 nitrogen and oxygen atoms in total. The van der Waals surface area contributed by atoms with Crippen LogP contribution in [-0.4, -0.2) is 56.6 Å². The van der Waals surface area contributed by atoms with E-state index in [-0.39, 0.29) is 23.7 Å². The van der Waals surface area contributed by atoms with E-state index in [9.17, 15) is 9.50 Å². The molecule has 2 aromatic heterocycles. The normalized spacial score (nSPS) is 24.7. The number of thiazole rings is 1. The first-order valence-electron chi connectivity index (χ1n) is 10.1. The lowest BCUT2D eigenvalue weighted by Gasteiger charge is -2.38. The number of benzene rings is 1. The van der Waals surface area contributed by atoms with Gasteiger partial charge in [0.05, 0.1) is 24.0 Å². The maximum Gasteiger partial charge on any atom is 0.185 e. The zero-order valence-electron chi connectivity index (χ0n) is 16.7. The lowest BCUT2D eigenvalue weighted by atomic mass is 9.96. The van der Waals surface area contributed by atoms with E-state index in [1.54, 1.807) is 24.4 Å². The van der Waals surface area contributed by atoms with Gasteiger partial charge < -0.3 is 15.3 Å². The average Bonchev–Trinajstić information content (AvgIpc) is 3.43. The minimum absolute atomic E-state index is 0.00661. The fourth-order valence-corrected chi connectivity index (χ4v) is 5.10. The number of piperidine rings is 1. The van der Waals surface area contributed by atoms with Crippen LogP contribution in [0.25, 0.3) is 22.0 Å². The van der Waals surface area contributed by atoms with Gasteiger partial charge in [0.2, 0.25) is 0 Å². The van der Waals surface area contributed by atoms with Crippen LogP contribution in [0.4, 0.5) is 10.2 Å². The van der Waals surface area contributed by atoms with Gasteiger partial charge in [0.1, 0.15) is 27.9 Å². The van der Waals surface area contributed by atoms with Crippen molar-refractivity contribution >= 4 is 17.2 Å². The Morgan fingerprint density at radius 2 is 2.13 bits per heavy atom. The number of nitriles is 1. The summed E-state index contributed by atoms with van der Waals surface area (Å²) in [6.07, 6.45) is 4.70. The topological polar surface area (TPSA) is 111 Å². The van der Waals surface area contributed by atoms with Crippen molar-refractivity contribution in [3.8, 4) is 33.8 Å². The fraction of sp³-hybridized carbons (Fsp3) is 0.381.